The summed E-state index contributed by atoms with van der Waals surface area (Å²) in [4.78, 5) is 0. The standard InChI is InChI=1S/C12H12ClF2N3/c1-7(2)5-18-6-16-17-12(18)8-3-11(15)9(13)4-10(8)14/h3-4,6-7H,5H2,1-2H3. The van der Waals surface area contributed by atoms with E-state index in [9.17, 15) is 8.78 Å². The van der Waals surface area contributed by atoms with Gasteiger partial charge in [0.05, 0.1) is 10.6 Å². The number of halogens is 3. The maximum Gasteiger partial charge on any atom is 0.166 e. The second-order valence-corrected chi connectivity index (χ2v) is 4.85. The van der Waals surface area contributed by atoms with Gasteiger partial charge in [0.2, 0.25) is 0 Å². The van der Waals surface area contributed by atoms with Crippen LogP contribution >= 0.6 is 11.6 Å². The highest BCUT2D eigenvalue weighted by Crippen LogP contribution is 2.26. The van der Waals surface area contributed by atoms with E-state index in [1.165, 1.54) is 6.33 Å². The van der Waals surface area contributed by atoms with E-state index < -0.39 is 11.6 Å². The zero-order valence-corrected chi connectivity index (χ0v) is 10.7. The van der Waals surface area contributed by atoms with Crippen molar-refractivity contribution in [2.45, 2.75) is 20.4 Å². The quantitative estimate of drug-likeness (QED) is 0.800. The van der Waals surface area contributed by atoms with Crippen molar-refractivity contribution in [3.05, 3.63) is 35.1 Å². The summed E-state index contributed by atoms with van der Waals surface area (Å²) in [6.45, 7) is 4.66. The molecule has 1 aromatic heterocycles. The van der Waals surface area contributed by atoms with E-state index >= 15 is 0 Å². The highest BCUT2D eigenvalue weighted by molar-refractivity contribution is 6.30. The van der Waals surface area contributed by atoms with Crippen LogP contribution in [0.5, 0.6) is 0 Å². The van der Waals surface area contributed by atoms with E-state index in [0.29, 0.717) is 18.3 Å². The molecule has 0 aliphatic heterocycles. The number of aromatic nitrogens is 3. The minimum Gasteiger partial charge on any atom is -0.313 e. The fourth-order valence-electron chi connectivity index (χ4n) is 1.68. The van der Waals surface area contributed by atoms with Gasteiger partial charge in [-0.1, -0.05) is 25.4 Å². The lowest BCUT2D eigenvalue weighted by Crippen LogP contribution is -2.06. The number of nitrogens with zero attached hydrogens (tertiary/aromatic N) is 3. The van der Waals surface area contributed by atoms with Gasteiger partial charge in [-0.15, -0.1) is 10.2 Å². The van der Waals surface area contributed by atoms with E-state index in [-0.39, 0.29) is 10.6 Å². The van der Waals surface area contributed by atoms with E-state index in [2.05, 4.69) is 10.2 Å². The van der Waals surface area contributed by atoms with Crippen LogP contribution in [0.4, 0.5) is 8.78 Å². The van der Waals surface area contributed by atoms with Crippen LogP contribution in [0, 0.1) is 17.6 Å². The van der Waals surface area contributed by atoms with Crippen LogP contribution in [-0.2, 0) is 6.54 Å². The van der Waals surface area contributed by atoms with Gasteiger partial charge in [-0.2, -0.15) is 0 Å². The lowest BCUT2D eigenvalue weighted by Gasteiger charge is -2.10. The van der Waals surface area contributed by atoms with Crippen molar-refractivity contribution in [1.82, 2.24) is 14.8 Å². The Bertz CT molecular complexity index is 566. The van der Waals surface area contributed by atoms with Gasteiger partial charge in [0, 0.05) is 6.54 Å². The average Bonchev–Trinajstić information content (AvgIpc) is 2.70. The minimum atomic E-state index is -0.674. The highest BCUT2D eigenvalue weighted by Gasteiger charge is 2.16. The maximum absolute atomic E-state index is 13.8. The fraction of sp³-hybridized carbons (Fsp3) is 0.333. The van der Waals surface area contributed by atoms with Crippen molar-refractivity contribution in [2.75, 3.05) is 0 Å². The Morgan fingerprint density at radius 2 is 2.00 bits per heavy atom. The molecule has 1 aromatic carbocycles. The molecule has 0 saturated carbocycles. The number of hydrogen-bond acceptors (Lipinski definition) is 2. The second-order valence-electron chi connectivity index (χ2n) is 4.45. The van der Waals surface area contributed by atoms with E-state index in [4.69, 9.17) is 11.6 Å². The first kappa shape index (κ1) is 13.0. The molecule has 1 heterocycles. The normalized spacial score (nSPS) is 11.2. The van der Waals surface area contributed by atoms with Crippen molar-refractivity contribution in [1.29, 1.82) is 0 Å². The first-order valence-corrected chi connectivity index (χ1v) is 5.89. The van der Waals surface area contributed by atoms with E-state index in [0.717, 1.165) is 12.1 Å². The number of hydrogen-bond donors (Lipinski definition) is 0. The molecule has 18 heavy (non-hydrogen) atoms. The van der Waals surface area contributed by atoms with Crippen molar-refractivity contribution >= 4 is 11.6 Å². The van der Waals surface area contributed by atoms with Gasteiger partial charge in [0.1, 0.15) is 18.0 Å². The molecule has 2 rings (SSSR count). The lowest BCUT2D eigenvalue weighted by atomic mass is 10.1. The largest absolute Gasteiger partial charge is 0.313 e. The molecule has 6 heteroatoms. The Balaban J connectivity index is 2.49. The lowest BCUT2D eigenvalue weighted by molar-refractivity contribution is 0.523. The topological polar surface area (TPSA) is 30.7 Å². The van der Waals surface area contributed by atoms with Crippen LogP contribution in [0.2, 0.25) is 5.02 Å². The fourth-order valence-corrected chi connectivity index (χ4v) is 1.83. The van der Waals surface area contributed by atoms with Gasteiger partial charge < -0.3 is 4.57 Å². The molecule has 0 saturated heterocycles. The molecule has 0 amide bonds. The summed E-state index contributed by atoms with van der Waals surface area (Å²) in [5.74, 6) is -0.636. The van der Waals surface area contributed by atoms with Crippen molar-refractivity contribution in [2.24, 2.45) is 5.92 Å². The van der Waals surface area contributed by atoms with E-state index in [1.54, 1.807) is 4.57 Å². The van der Waals surface area contributed by atoms with Crippen molar-refractivity contribution < 1.29 is 8.78 Å². The second kappa shape index (κ2) is 5.02. The van der Waals surface area contributed by atoms with Crippen LogP contribution < -0.4 is 0 Å². The molecule has 0 N–H and O–H groups in total. The van der Waals surface area contributed by atoms with Crippen molar-refractivity contribution in [3.63, 3.8) is 0 Å². The molecule has 0 unspecified atom stereocenters. The van der Waals surface area contributed by atoms with Crippen LogP contribution in [0.3, 0.4) is 0 Å². The molecule has 0 bridgehead atoms. The Kier molecular flexibility index (Phi) is 3.61. The third-order valence-corrected chi connectivity index (χ3v) is 2.72. The molecule has 0 atom stereocenters. The Morgan fingerprint density at radius 3 is 2.67 bits per heavy atom. The first-order chi connectivity index (χ1) is 8.49. The first-order valence-electron chi connectivity index (χ1n) is 5.51. The van der Waals surface area contributed by atoms with Gasteiger partial charge in [-0.3, -0.25) is 0 Å². The van der Waals surface area contributed by atoms with E-state index in [1.807, 2.05) is 13.8 Å². The van der Waals surface area contributed by atoms with Gasteiger partial charge in [-0.25, -0.2) is 8.78 Å². The van der Waals surface area contributed by atoms with Crippen molar-refractivity contribution in [3.8, 4) is 11.4 Å². The summed E-state index contributed by atoms with van der Waals surface area (Å²) in [6.07, 6.45) is 1.50. The monoisotopic (exact) mass is 271 g/mol. The van der Waals surface area contributed by atoms with Crippen LogP contribution in [-0.4, -0.2) is 14.8 Å². The van der Waals surface area contributed by atoms with Gasteiger partial charge in [0.25, 0.3) is 0 Å². The summed E-state index contributed by atoms with van der Waals surface area (Å²) < 4.78 is 28.9. The molecular weight excluding hydrogens is 260 g/mol. The number of benzene rings is 1. The Morgan fingerprint density at radius 1 is 1.28 bits per heavy atom. The third-order valence-electron chi connectivity index (χ3n) is 2.43. The molecule has 0 aliphatic rings. The average molecular weight is 272 g/mol. The highest BCUT2D eigenvalue weighted by atomic mass is 35.5. The summed E-state index contributed by atoms with van der Waals surface area (Å²) in [7, 11) is 0. The van der Waals surface area contributed by atoms with Crippen LogP contribution in [0.15, 0.2) is 18.5 Å². The molecule has 0 aliphatic carbocycles. The Hall–Kier alpha value is -1.49. The zero-order chi connectivity index (χ0) is 13.3. The van der Waals surface area contributed by atoms with Crippen LogP contribution in [0.1, 0.15) is 13.8 Å². The molecular formula is C12H12ClF2N3. The molecule has 0 fully saturated rings. The summed E-state index contributed by atoms with van der Waals surface area (Å²) >= 11 is 5.51. The Labute approximate surface area is 108 Å². The predicted octanol–water partition coefficient (Wildman–Crippen LogP) is 3.53. The number of rotatable bonds is 3. The smallest absolute Gasteiger partial charge is 0.166 e. The van der Waals surface area contributed by atoms with Gasteiger partial charge in [-0.05, 0) is 18.1 Å². The SMILES string of the molecule is CC(C)Cn1cnnc1-c1cc(F)c(Cl)cc1F. The third kappa shape index (κ3) is 2.51. The minimum absolute atomic E-state index is 0.0649. The van der Waals surface area contributed by atoms with Gasteiger partial charge in [0.15, 0.2) is 5.82 Å². The van der Waals surface area contributed by atoms with Crippen LogP contribution in [0.25, 0.3) is 11.4 Å². The maximum atomic E-state index is 13.8. The zero-order valence-electron chi connectivity index (χ0n) is 9.99. The predicted molar refractivity (Wildman–Crippen MR) is 65.2 cm³/mol. The molecule has 96 valence electrons. The summed E-state index contributed by atoms with van der Waals surface area (Å²) in [5.41, 5.74) is 0.0649. The molecule has 3 nitrogen and oxygen atoms in total. The van der Waals surface area contributed by atoms with Gasteiger partial charge >= 0.3 is 0 Å². The summed E-state index contributed by atoms with van der Waals surface area (Å²) in [6, 6.07) is 1.99. The summed E-state index contributed by atoms with van der Waals surface area (Å²) in [5, 5.41) is 7.33. The molecule has 0 spiro atoms. The molecule has 2 aromatic rings. The molecule has 0 radical (unpaired) electrons.